The van der Waals surface area contributed by atoms with E-state index >= 15 is 0 Å². The number of morpholine rings is 1. The van der Waals surface area contributed by atoms with E-state index in [1.165, 1.54) is 0 Å². The van der Waals surface area contributed by atoms with Crippen LogP contribution in [0.4, 0.5) is 18.3 Å². The van der Waals surface area contributed by atoms with Crippen LogP contribution in [0.15, 0.2) is 0 Å². The van der Waals surface area contributed by atoms with E-state index in [2.05, 4.69) is 15.1 Å². The summed E-state index contributed by atoms with van der Waals surface area (Å²) in [5, 5.41) is 6.17. The Bertz CT molecular complexity index is 637. The first kappa shape index (κ1) is 19.3. The van der Waals surface area contributed by atoms with Crippen molar-refractivity contribution >= 4 is 22.4 Å². The first-order chi connectivity index (χ1) is 12.2. The van der Waals surface area contributed by atoms with Crippen molar-refractivity contribution in [3.63, 3.8) is 0 Å². The van der Waals surface area contributed by atoms with Gasteiger partial charge >= 0.3 is 6.18 Å². The van der Waals surface area contributed by atoms with Gasteiger partial charge in [-0.05, 0) is 13.8 Å². The molecule has 2 aliphatic rings. The number of halogens is 3. The molecular formula is C15H22F3N5O2S. The van der Waals surface area contributed by atoms with Gasteiger partial charge in [-0.1, -0.05) is 11.3 Å². The maximum Gasteiger partial charge on any atom is 0.445 e. The molecule has 0 saturated carbocycles. The molecular weight excluding hydrogens is 371 g/mol. The van der Waals surface area contributed by atoms with Crippen molar-refractivity contribution in [2.45, 2.75) is 25.6 Å². The van der Waals surface area contributed by atoms with Gasteiger partial charge in [0.15, 0.2) is 0 Å². The number of piperazine rings is 1. The molecule has 0 radical (unpaired) electrons. The summed E-state index contributed by atoms with van der Waals surface area (Å²) >= 11 is 0.537. The molecule has 0 bridgehead atoms. The molecule has 0 atom stereocenters. The number of aromatic nitrogens is 2. The highest BCUT2D eigenvalue weighted by Crippen LogP contribution is 2.34. The van der Waals surface area contributed by atoms with Gasteiger partial charge in [-0.2, -0.15) is 13.2 Å². The Labute approximate surface area is 153 Å². The zero-order valence-corrected chi connectivity index (χ0v) is 15.6. The van der Waals surface area contributed by atoms with E-state index in [0.29, 0.717) is 63.8 Å². The van der Waals surface area contributed by atoms with Crippen molar-refractivity contribution in [1.29, 1.82) is 0 Å². The van der Waals surface area contributed by atoms with Crippen LogP contribution in [0.2, 0.25) is 0 Å². The highest BCUT2D eigenvalue weighted by atomic mass is 32.1. The molecule has 26 heavy (non-hydrogen) atoms. The van der Waals surface area contributed by atoms with Crippen molar-refractivity contribution in [3.05, 3.63) is 5.01 Å². The van der Waals surface area contributed by atoms with Crippen LogP contribution < -0.4 is 4.90 Å². The summed E-state index contributed by atoms with van der Waals surface area (Å²) in [6, 6.07) is 0. The number of hydrogen-bond donors (Lipinski definition) is 0. The van der Waals surface area contributed by atoms with E-state index in [1.54, 1.807) is 9.80 Å². The zero-order valence-electron chi connectivity index (χ0n) is 14.8. The summed E-state index contributed by atoms with van der Waals surface area (Å²) < 4.78 is 43.3. The highest BCUT2D eigenvalue weighted by Gasteiger charge is 2.40. The minimum Gasteiger partial charge on any atom is -0.379 e. The van der Waals surface area contributed by atoms with Crippen molar-refractivity contribution in [2.24, 2.45) is 0 Å². The molecule has 0 unspecified atom stereocenters. The van der Waals surface area contributed by atoms with Crippen LogP contribution in [-0.4, -0.2) is 83.9 Å². The molecule has 11 heteroatoms. The Kier molecular flexibility index (Phi) is 5.40. The lowest BCUT2D eigenvalue weighted by atomic mass is 9.99. The standard InChI is InChI=1S/C15H22F3N5O2S/c1-14(2,23-7-9-25-10-8-23)12(24)21-3-5-22(6-4-21)13-20-19-11(26-13)15(16,17)18/h3-10H2,1-2H3. The summed E-state index contributed by atoms with van der Waals surface area (Å²) in [6.45, 7) is 8.26. The molecule has 146 valence electrons. The fourth-order valence-electron chi connectivity index (χ4n) is 3.20. The third-order valence-corrected chi connectivity index (χ3v) is 5.85. The average Bonchev–Trinajstić information content (AvgIpc) is 3.12. The molecule has 1 aromatic rings. The molecule has 0 aromatic carbocycles. The molecule has 1 amide bonds. The van der Waals surface area contributed by atoms with Crippen molar-refractivity contribution in [3.8, 4) is 0 Å². The largest absolute Gasteiger partial charge is 0.445 e. The predicted octanol–water partition coefficient (Wildman–Crippen LogP) is 1.32. The predicted molar refractivity (Wildman–Crippen MR) is 90.2 cm³/mol. The zero-order chi connectivity index (χ0) is 18.9. The Morgan fingerprint density at radius 3 is 2.19 bits per heavy atom. The minimum atomic E-state index is -4.48. The lowest BCUT2D eigenvalue weighted by Gasteiger charge is -2.44. The molecule has 2 aliphatic heterocycles. The number of anilines is 1. The number of amides is 1. The maximum absolute atomic E-state index is 12.9. The number of nitrogens with zero attached hydrogens (tertiary/aromatic N) is 5. The molecule has 0 N–H and O–H groups in total. The van der Waals surface area contributed by atoms with Gasteiger partial charge in [-0.15, -0.1) is 10.2 Å². The normalized spacial score (nSPS) is 20.5. The van der Waals surface area contributed by atoms with E-state index in [9.17, 15) is 18.0 Å². The smallest absolute Gasteiger partial charge is 0.379 e. The number of ether oxygens (including phenoxy) is 1. The highest BCUT2D eigenvalue weighted by molar-refractivity contribution is 7.15. The van der Waals surface area contributed by atoms with Gasteiger partial charge in [-0.25, -0.2) is 0 Å². The monoisotopic (exact) mass is 393 g/mol. The van der Waals surface area contributed by atoms with Crippen molar-refractivity contribution in [1.82, 2.24) is 20.0 Å². The van der Waals surface area contributed by atoms with Gasteiger partial charge in [-0.3, -0.25) is 9.69 Å². The van der Waals surface area contributed by atoms with Gasteiger partial charge in [0.25, 0.3) is 0 Å². The number of hydrogen-bond acceptors (Lipinski definition) is 7. The molecule has 2 fully saturated rings. The number of carbonyl (C=O) groups excluding carboxylic acids is 1. The molecule has 3 heterocycles. The molecule has 0 spiro atoms. The Hall–Kier alpha value is -1.46. The third kappa shape index (κ3) is 3.94. The van der Waals surface area contributed by atoms with Gasteiger partial charge < -0.3 is 14.5 Å². The van der Waals surface area contributed by atoms with Gasteiger partial charge in [0, 0.05) is 39.3 Å². The molecule has 3 rings (SSSR count). The summed E-state index contributed by atoms with van der Waals surface area (Å²) in [5.41, 5.74) is -0.627. The van der Waals surface area contributed by atoms with Crippen LogP contribution in [0.1, 0.15) is 18.9 Å². The van der Waals surface area contributed by atoms with E-state index in [1.807, 2.05) is 13.8 Å². The number of rotatable bonds is 3. The van der Waals surface area contributed by atoms with E-state index in [-0.39, 0.29) is 11.0 Å². The van der Waals surface area contributed by atoms with Gasteiger partial charge in [0.1, 0.15) is 0 Å². The average molecular weight is 393 g/mol. The first-order valence-corrected chi connectivity index (χ1v) is 9.29. The van der Waals surface area contributed by atoms with Crippen LogP contribution in [0.25, 0.3) is 0 Å². The Morgan fingerprint density at radius 1 is 1.04 bits per heavy atom. The topological polar surface area (TPSA) is 61.8 Å². The Balaban J connectivity index is 1.59. The van der Waals surface area contributed by atoms with Crippen LogP contribution in [0.5, 0.6) is 0 Å². The van der Waals surface area contributed by atoms with E-state index in [0.717, 1.165) is 0 Å². The summed E-state index contributed by atoms with van der Waals surface area (Å²) in [5.74, 6) is 0.0345. The molecule has 7 nitrogen and oxygen atoms in total. The van der Waals surface area contributed by atoms with E-state index < -0.39 is 16.7 Å². The number of carbonyl (C=O) groups is 1. The third-order valence-electron chi connectivity index (χ3n) is 4.82. The maximum atomic E-state index is 12.9. The second-order valence-corrected chi connectivity index (χ2v) is 7.78. The lowest BCUT2D eigenvalue weighted by Crippen LogP contribution is -2.61. The van der Waals surface area contributed by atoms with Crippen molar-refractivity contribution < 1.29 is 22.7 Å². The quantitative estimate of drug-likeness (QED) is 0.772. The summed E-state index contributed by atoms with van der Waals surface area (Å²) in [4.78, 5) is 18.6. The summed E-state index contributed by atoms with van der Waals surface area (Å²) in [6.07, 6.45) is -4.48. The van der Waals surface area contributed by atoms with Gasteiger partial charge in [0.2, 0.25) is 16.0 Å². The van der Waals surface area contributed by atoms with E-state index in [4.69, 9.17) is 4.74 Å². The lowest BCUT2D eigenvalue weighted by molar-refractivity contribution is -0.145. The van der Waals surface area contributed by atoms with Crippen LogP contribution in [-0.2, 0) is 15.7 Å². The molecule has 2 saturated heterocycles. The molecule has 0 aliphatic carbocycles. The number of alkyl halides is 3. The Morgan fingerprint density at radius 2 is 1.65 bits per heavy atom. The SMILES string of the molecule is CC(C)(C(=O)N1CCN(c2nnc(C(F)(F)F)s2)CC1)N1CCOCC1. The van der Waals surface area contributed by atoms with Crippen LogP contribution in [0, 0.1) is 0 Å². The van der Waals surface area contributed by atoms with Crippen LogP contribution in [0.3, 0.4) is 0 Å². The fourth-order valence-corrected chi connectivity index (χ4v) is 3.97. The minimum absolute atomic E-state index is 0.0345. The fraction of sp³-hybridized carbons (Fsp3) is 0.800. The molecule has 1 aromatic heterocycles. The van der Waals surface area contributed by atoms with Crippen molar-refractivity contribution in [2.75, 3.05) is 57.4 Å². The second-order valence-electron chi connectivity index (χ2n) is 6.83. The second kappa shape index (κ2) is 7.28. The summed E-state index contributed by atoms with van der Waals surface area (Å²) in [7, 11) is 0. The van der Waals surface area contributed by atoms with Gasteiger partial charge in [0.05, 0.1) is 18.8 Å². The van der Waals surface area contributed by atoms with Crippen LogP contribution >= 0.6 is 11.3 Å². The first-order valence-electron chi connectivity index (χ1n) is 8.47.